The Morgan fingerprint density at radius 3 is 2.68 bits per heavy atom. The van der Waals surface area contributed by atoms with E-state index in [1.54, 1.807) is 7.11 Å². The first kappa shape index (κ1) is 22.0. The van der Waals surface area contributed by atoms with Gasteiger partial charge in [0.15, 0.2) is 5.96 Å². The molecule has 1 saturated heterocycles. The number of nitrogens with one attached hydrogen (secondary N) is 2. The topological polar surface area (TPSA) is 92.0 Å². The van der Waals surface area contributed by atoms with Gasteiger partial charge in [-0.2, -0.15) is 0 Å². The molecule has 0 radical (unpaired) electrons. The third-order valence-corrected chi connectivity index (χ3v) is 5.14. The number of primary amides is 1. The molecular formula is C21H35N5O2. The molecule has 0 aromatic heterocycles. The highest BCUT2D eigenvalue weighted by Crippen LogP contribution is 2.26. The van der Waals surface area contributed by atoms with Crippen LogP contribution in [-0.2, 0) is 10.2 Å². The number of ether oxygens (including phenoxy) is 1. The van der Waals surface area contributed by atoms with E-state index in [4.69, 9.17) is 15.5 Å². The standard InChI is InChI=1S/C21H35N5O2/c1-5-23-20(25-17-9-11-26(12-10-17)14-19(22)27)24-15-21(2,3)16-7-6-8-18(13-16)28-4/h6-8,13,17H,5,9-12,14-15H2,1-4H3,(H2,22,27)(H2,23,24,25). The molecule has 7 nitrogen and oxygen atoms in total. The van der Waals surface area contributed by atoms with Crippen molar-refractivity contribution in [1.82, 2.24) is 15.5 Å². The Bertz CT molecular complexity index is 667. The van der Waals surface area contributed by atoms with Crippen molar-refractivity contribution >= 4 is 11.9 Å². The highest BCUT2D eigenvalue weighted by Gasteiger charge is 2.23. The van der Waals surface area contributed by atoms with Gasteiger partial charge in [-0.25, -0.2) is 0 Å². The number of nitrogens with zero attached hydrogens (tertiary/aromatic N) is 2. The highest BCUT2D eigenvalue weighted by molar-refractivity contribution is 5.80. The molecule has 0 bridgehead atoms. The van der Waals surface area contributed by atoms with Gasteiger partial charge in [-0.3, -0.25) is 14.7 Å². The Morgan fingerprint density at radius 2 is 2.07 bits per heavy atom. The van der Waals surface area contributed by atoms with Crippen LogP contribution < -0.4 is 21.1 Å². The third-order valence-electron chi connectivity index (χ3n) is 5.14. The fourth-order valence-corrected chi connectivity index (χ4v) is 3.38. The number of aliphatic imine (C=N–C) groups is 1. The number of rotatable bonds is 8. The van der Waals surface area contributed by atoms with E-state index in [1.165, 1.54) is 5.56 Å². The maximum absolute atomic E-state index is 11.1. The van der Waals surface area contributed by atoms with Crippen LogP contribution in [0.2, 0.25) is 0 Å². The second-order valence-electron chi connectivity index (χ2n) is 7.97. The molecule has 1 aromatic carbocycles. The van der Waals surface area contributed by atoms with Crippen LogP contribution in [0.25, 0.3) is 0 Å². The molecule has 4 N–H and O–H groups in total. The van der Waals surface area contributed by atoms with Gasteiger partial charge in [0.05, 0.1) is 20.2 Å². The van der Waals surface area contributed by atoms with Crippen LogP contribution >= 0.6 is 0 Å². The summed E-state index contributed by atoms with van der Waals surface area (Å²) in [5, 5.41) is 6.90. The van der Waals surface area contributed by atoms with E-state index < -0.39 is 0 Å². The molecule has 1 aromatic rings. The quantitative estimate of drug-likeness (QED) is 0.463. The van der Waals surface area contributed by atoms with Crippen LogP contribution in [-0.4, -0.2) is 62.6 Å². The molecule has 0 unspecified atom stereocenters. The van der Waals surface area contributed by atoms with E-state index >= 15 is 0 Å². The number of methoxy groups -OCH3 is 1. The predicted octanol–water partition coefficient (Wildman–Crippen LogP) is 1.48. The Balaban J connectivity index is 1.97. The van der Waals surface area contributed by atoms with Crippen molar-refractivity contribution in [3.8, 4) is 5.75 Å². The fourth-order valence-electron chi connectivity index (χ4n) is 3.38. The largest absolute Gasteiger partial charge is 0.497 e. The zero-order valence-electron chi connectivity index (χ0n) is 17.6. The van der Waals surface area contributed by atoms with Gasteiger partial charge in [0.2, 0.25) is 5.91 Å². The van der Waals surface area contributed by atoms with Crippen LogP contribution in [0.15, 0.2) is 29.3 Å². The maximum atomic E-state index is 11.1. The van der Waals surface area contributed by atoms with Crippen LogP contribution in [0.3, 0.4) is 0 Å². The molecule has 0 saturated carbocycles. The van der Waals surface area contributed by atoms with Gasteiger partial charge in [-0.15, -0.1) is 0 Å². The normalized spacial score (nSPS) is 16.6. The van der Waals surface area contributed by atoms with E-state index in [9.17, 15) is 4.79 Å². The number of nitrogens with two attached hydrogens (primary N) is 1. The van der Waals surface area contributed by atoms with Crippen molar-refractivity contribution in [3.05, 3.63) is 29.8 Å². The number of carbonyl (C=O) groups is 1. The lowest BCUT2D eigenvalue weighted by atomic mass is 9.84. The monoisotopic (exact) mass is 389 g/mol. The maximum Gasteiger partial charge on any atom is 0.231 e. The van der Waals surface area contributed by atoms with Crippen LogP contribution in [0.4, 0.5) is 0 Å². The zero-order valence-corrected chi connectivity index (χ0v) is 17.6. The van der Waals surface area contributed by atoms with E-state index in [0.29, 0.717) is 19.1 Å². The number of carbonyl (C=O) groups excluding carboxylic acids is 1. The first-order chi connectivity index (χ1) is 13.3. The Morgan fingerprint density at radius 1 is 1.36 bits per heavy atom. The molecule has 1 aliphatic heterocycles. The summed E-state index contributed by atoms with van der Waals surface area (Å²) in [6, 6.07) is 8.51. The number of hydrogen-bond donors (Lipinski definition) is 3. The SMILES string of the molecule is CCNC(=NCC(C)(C)c1cccc(OC)c1)NC1CCN(CC(N)=O)CC1. The minimum atomic E-state index is -0.263. The van der Waals surface area contributed by atoms with E-state index in [0.717, 1.165) is 44.2 Å². The summed E-state index contributed by atoms with van der Waals surface area (Å²) < 4.78 is 5.35. The number of guanidine groups is 1. The molecule has 2 rings (SSSR count). The lowest BCUT2D eigenvalue weighted by Crippen LogP contribution is -2.50. The van der Waals surface area contributed by atoms with Gasteiger partial charge in [0, 0.05) is 31.1 Å². The number of amides is 1. The highest BCUT2D eigenvalue weighted by atomic mass is 16.5. The predicted molar refractivity (Wildman–Crippen MR) is 114 cm³/mol. The van der Waals surface area contributed by atoms with E-state index in [-0.39, 0.29) is 11.3 Å². The molecule has 1 amide bonds. The van der Waals surface area contributed by atoms with Crippen LogP contribution in [0, 0.1) is 0 Å². The molecule has 0 aliphatic carbocycles. The number of benzene rings is 1. The van der Waals surface area contributed by atoms with Gasteiger partial charge in [-0.05, 0) is 37.5 Å². The summed E-state index contributed by atoms with van der Waals surface area (Å²) >= 11 is 0. The zero-order chi connectivity index (χ0) is 20.6. The molecule has 1 fully saturated rings. The van der Waals surface area contributed by atoms with Crippen molar-refractivity contribution in [2.24, 2.45) is 10.7 Å². The first-order valence-corrected chi connectivity index (χ1v) is 10.0. The summed E-state index contributed by atoms with van der Waals surface area (Å²) in [4.78, 5) is 18.0. The van der Waals surface area contributed by atoms with Crippen molar-refractivity contribution < 1.29 is 9.53 Å². The Hall–Kier alpha value is -2.28. The number of likely N-dealkylation sites (tertiary alicyclic amines) is 1. The molecule has 156 valence electrons. The smallest absolute Gasteiger partial charge is 0.231 e. The fraction of sp³-hybridized carbons (Fsp3) is 0.619. The van der Waals surface area contributed by atoms with Crippen molar-refractivity contribution in [1.29, 1.82) is 0 Å². The molecule has 0 atom stereocenters. The van der Waals surface area contributed by atoms with Crippen molar-refractivity contribution in [2.75, 3.05) is 39.8 Å². The van der Waals surface area contributed by atoms with Crippen molar-refractivity contribution in [3.63, 3.8) is 0 Å². The molecule has 7 heteroatoms. The van der Waals surface area contributed by atoms with Crippen LogP contribution in [0.5, 0.6) is 5.75 Å². The minimum Gasteiger partial charge on any atom is -0.497 e. The summed E-state index contributed by atoms with van der Waals surface area (Å²) in [5.74, 6) is 1.44. The average Bonchev–Trinajstić information content (AvgIpc) is 2.67. The number of piperidine rings is 1. The van der Waals surface area contributed by atoms with Crippen molar-refractivity contribution in [2.45, 2.75) is 45.1 Å². The molecule has 1 heterocycles. The molecule has 0 spiro atoms. The summed E-state index contributed by atoms with van der Waals surface area (Å²) in [7, 11) is 1.69. The summed E-state index contributed by atoms with van der Waals surface area (Å²) in [6.07, 6.45) is 1.94. The van der Waals surface area contributed by atoms with Gasteiger partial charge in [0.1, 0.15) is 5.75 Å². The molecule has 28 heavy (non-hydrogen) atoms. The van der Waals surface area contributed by atoms with Gasteiger partial charge >= 0.3 is 0 Å². The van der Waals surface area contributed by atoms with E-state index in [1.807, 2.05) is 12.1 Å². The first-order valence-electron chi connectivity index (χ1n) is 10.0. The third kappa shape index (κ3) is 6.71. The molecule has 1 aliphatic rings. The minimum absolute atomic E-state index is 0.109. The summed E-state index contributed by atoms with van der Waals surface area (Å²) in [5.41, 5.74) is 6.38. The van der Waals surface area contributed by atoms with E-state index in [2.05, 4.69) is 48.4 Å². The second-order valence-corrected chi connectivity index (χ2v) is 7.97. The average molecular weight is 390 g/mol. The Labute approximate surface area is 168 Å². The lowest BCUT2D eigenvalue weighted by molar-refractivity contribution is -0.119. The lowest BCUT2D eigenvalue weighted by Gasteiger charge is -2.32. The summed E-state index contributed by atoms with van der Waals surface area (Å²) in [6.45, 7) is 10.0. The second kappa shape index (κ2) is 10.3. The molecular weight excluding hydrogens is 354 g/mol. The van der Waals surface area contributed by atoms with Gasteiger partial charge in [0.25, 0.3) is 0 Å². The number of hydrogen-bond acceptors (Lipinski definition) is 4. The Kier molecular flexibility index (Phi) is 8.11. The van der Waals surface area contributed by atoms with Gasteiger partial charge in [-0.1, -0.05) is 26.0 Å². The van der Waals surface area contributed by atoms with Gasteiger partial charge < -0.3 is 21.1 Å². The van der Waals surface area contributed by atoms with Crippen LogP contribution in [0.1, 0.15) is 39.2 Å².